The molecule has 18 heavy (non-hydrogen) atoms. The average Bonchev–Trinajstić information content (AvgIpc) is 2.80. The van der Waals surface area contributed by atoms with Crippen molar-refractivity contribution < 1.29 is 0 Å². The fourth-order valence-corrected chi connectivity index (χ4v) is 2.28. The Hall–Kier alpha value is -1.61. The lowest BCUT2D eigenvalue weighted by Gasteiger charge is -2.17. The normalized spacial score (nSPS) is 12.7. The molecule has 2 rings (SSSR count). The third kappa shape index (κ3) is 2.31. The third-order valence-electron chi connectivity index (χ3n) is 3.49. The van der Waals surface area contributed by atoms with Gasteiger partial charge in [-0.2, -0.15) is 5.10 Å². The number of benzene rings is 1. The summed E-state index contributed by atoms with van der Waals surface area (Å²) in [6, 6.07) is 8.21. The summed E-state index contributed by atoms with van der Waals surface area (Å²) in [5, 5.41) is 4.34. The zero-order valence-corrected chi connectivity index (χ0v) is 11.4. The van der Waals surface area contributed by atoms with Crippen molar-refractivity contribution in [1.29, 1.82) is 0 Å². The summed E-state index contributed by atoms with van der Waals surface area (Å²) in [5.41, 5.74) is 11.2. The maximum Gasteiger partial charge on any atom is 0.0725 e. The van der Waals surface area contributed by atoms with Crippen LogP contribution >= 0.6 is 0 Å². The van der Waals surface area contributed by atoms with Crippen LogP contribution in [0.25, 0.3) is 0 Å². The van der Waals surface area contributed by atoms with Gasteiger partial charge in [-0.05, 0) is 43.0 Å². The minimum atomic E-state index is -0.0982. The molecule has 0 spiro atoms. The zero-order chi connectivity index (χ0) is 13.1. The smallest absolute Gasteiger partial charge is 0.0725 e. The van der Waals surface area contributed by atoms with Crippen LogP contribution in [0.15, 0.2) is 30.5 Å². The molecule has 0 radical (unpaired) electrons. The molecule has 0 bridgehead atoms. The van der Waals surface area contributed by atoms with Gasteiger partial charge in [0.1, 0.15) is 0 Å². The molecule has 1 unspecified atom stereocenters. The summed E-state index contributed by atoms with van der Waals surface area (Å²) in [6.45, 7) is 7.32. The lowest BCUT2D eigenvalue weighted by molar-refractivity contribution is 0.559. The Morgan fingerprint density at radius 1 is 1.28 bits per heavy atom. The molecule has 0 saturated carbocycles. The van der Waals surface area contributed by atoms with Crippen LogP contribution in [0.5, 0.6) is 0 Å². The highest BCUT2D eigenvalue weighted by atomic mass is 15.3. The molecular formula is C15H21N3. The lowest BCUT2D eigenvalue weighted by Crippen LogP contribution is -2.18. The van der Waals surface area contributed by atoms with E-state index in [0.717, 1.165) is 18.7 Å². The lowest BCUT2D eigenvalue weighted by atomic mass is 9.96. The van der Waals surface area contributed by atoms with E-state index in [1.807, 2.05) is 16.9 Å². The Morgan fingerprint density at radius 3 is 2.78 bits per heavy atom. The molecule has 0 aliphatic rings. The second kappa shape index (κ2) is 5.36. The number of nitrogens with two attached hydrogens (primary N) is 1. The van der Waals surface area contributed by atoms with Crippen molar-refractivity contribution in [3.8, 4) is 0 Å². The summed E-state index contributed by atoms with van der Waals surface area (Å²) in [5.74, 6) is 0. The first kappa shape index (κ1) is 12.8. The molecule has 0 fully saturated rings. The van der Waals surface area contributed by atoms with Gasteiger partial charge in [-0.1, -0.05) is 25.1 Å². The molecule has 1 heterocycles. The van der Waals surface area contributed by atoms with Gasteiger partial charge in [0, 0.05) is 12.7 Å². The van der Waals surface area contributed by atoms with Crippen LogP contribution in [0.1, 0.15) is 41.8 Å². The summed E-state index contributed by atoms with van der Waals surface area (Å²) < 4.78 is 2.01. The molecule has 2 N–H and O–H groups in total. The minimum Gasteiger partial charge on any atom is -0.319 e. The van der Waals surface area contributed by atoms with Crippen LogP contribution in [0, 0.1) is 13.8 Å². The van der Waals surface area contributed by atoms with Crippen LogP contribution in [-0.2, 0) is 6.54 Å². The quantitative estimate of drug-likeness (QED) is 0.897. The van der Waals surface area contributed by atoms with E-state index in [0.29, 0.717) is 0 Å². The highest BCUT2D eigenvalue weighted by molar-refractivity contribution is 5.38. The van der Waals surface area contributed by atoms with Crippen LogP contribution in [0.2, 0.25) is 0 Å². The van der Waals surface area contributed by atoms with E-state index in [4.69, 9.17) is 5.73 Å². The second-order valence-corrected chi connectivity index (χ2v) is 4.75. The van der Waals surface area contributed by atoms with Crippen LogP contribution in [-0.4, -0.2) is 9.78 Å². The highest BCUT2D eigenvalue weighted by Crippen LogP contribution is 2.24. The number of nitrogens with zero attached hydrogens (tertiary/aromatic N) is 2. The number of aryl methyl sites for hydroxylation is 2. The fourth-order valence-electron chi connectivity index (χ4n) is 2.28. The fraction of sp³-hybridized carbons (Fsp3) is 0.400. The van der Waals surface area contributed by atoms with Crippen molar-refractivity contribution >= 4 is 0 Å². The molecule has 96 valence electrons. The first-order chi connectivity index (χ1) is 8.65. The Kier molecular flexibility index (Phi) is 3.82. The van der Waals surface area contributed by atoms with Crippen molar-refractivity contribution in [3.63, 3.8) is 0 Å². The van der Waals surface area contributed by atoms with Gasteiger partial charge >= 0.3 is 0 Å². The number of rotatable bonds is 4. The van der Waals surface area contributed by atoms with E-state index < -0.39 is 0 Å². The Bertz CT molecular complexity index is 528. The molecule has 3 heteroatoms. The summed E-state index contributed by atoms with van der Waals surface area (Å²) in [6.07, 6.45) is 2.89. The van der Waals surface area contributed by atoms with Gasteiger partial charge in [-0.3, -0.25) is 4.68 Å². The summed E-state index contributed by atoms with van der Waals surface area (Å²) in [4.78, 5) is 0. The number of hydrogen-bond donors (Lipinski definition) is 1. The standard InChI is InChI=1S/C15H21N3/c1-4-10-18-14(8-9-17-18)15(16)13-7-5-6-11(2)12(13)3/h5-9,15H,4,10,16H2,1-3H3. The largest absolute Gasteiger partial charge is 0.319 e. The topological polar surface area (TPSA) is 43.8 Å². The molecule has 0 saturated heterocycles. The van der Waals surface area contributed by atoms with Gasteiger partial charge in [-0.25, -0.2) is 0 Å². The predicted molar refractivity (Wildman–Crippen MR) is 74.5 cm³/mol. The van der Waals surface area contributed by atoms with E-state index in [1.54, 1.807) is 0 Å². The first-order valence-electron chi connectivity index (χ1n) is 6.48. The monoisotopic (exact) mass is 243 g/mol. The van der Waals surface area contributed by atoms with E-state index in [2.05, 4.69) is 44.1 Å². The van der Waals surface area contributed by atoms with Crippen molar-refractivity contribution in [2.45, 2.75) is 39.8 Å². The van der Waals surface area contributed by atoms with Crippen molar-refractivity contribution in [2.24, 2.45) is 5.73 Å². The Labute approximate surface area is 109 Å². The molecule has 0 amide bonds. The minimum absolute atomic E-state index is 0.0982. The number of aromatic nitrogens is 2. The molecule has 0 aliphatic carbocycles. The van der Waals surface area contributed by atoms with Gasteiger partial charge < -0.3 is 5.73 Å². The van der Waals surface area contributed by atoms with Crippen molar-refractivity contribution in [1.82, 2.24) is 9.78 Å². The highest BCUT2D eigenvalue weighted by Gasteiger charge is 2.16. The van der Waals surface area contributed by atoms with Crippen LogP contribution < -0.4 is 5.73 Å². The molecule has 3 nitrogen and oxygen atoms in total. The van der Waals surface area contributed by atoms with Crippen LogP contribution in [0.3, 0.4) is 0 Å². The van der Waals surface area contributed by atoms with Gasteiger partial charge in [0.25, 0.3) is 0 Å². The SMILES string of the molecule is CCCn1nccc1C(N)c1cccc(C)c1C. The van der Waals surface area contributed by atoms with E-state index in [-0.39, 0.29) is 6.04 Å². The number of hydrogen-bond acceptors (Lipinski definition) is 2. The summed E-state index contributed by atoms with van der Waals surface area (Å²) >= 11 is 0. The second-order valence-electron chi connectivity index (χ2n) is 4.75. The van der Waals surface area contributed by atoms with E-state index in [1.165, 1.54) is 16.7 Å². The molecule has 0 aliphatic heterocycles. The molecular weight excluding hydrogens is 222 g/mol. The van der Waals surface area contributed by atoms with Crippen molar-refractivity contribution in [3.05, 3.63) is 52.8 Å². The van der Waals surface area contributed by atoms with E-state index in [9.17, 15) is 0 Å². The maximum absolute atomic E-state index is 6.40. The first-order valence-corrected chi connectivity index (χ1v) is 6.48. The van der Waals surface area contributed by atoms with Gasteiger partial charge in [0.2, 0.25) is 0 Å². The van der Waals surface area contributed by atoms with Gasteiger partial charge in [-0.15, -0.1) is 0 Å². The van der Waals surface area contributed by atoms with Crippen molar-refractivity contribution in [2.75, 3.05) is 0 Å². The predicted octanol–water partition coefficient (Wildman–Crippen LogP) is 2.96. The molecule has 1 atom stereocenters. The third-order valence-corrected chi connectivity index (χ3v) is 3.49. The molecule has 1 aromatic carbocycles. The van der Waals surface area contributed by atoms with E-state index >= 15 is 0 Å². The van der Waals surface area contributed by atoms with Crippen LogP contribution in [0.4, 0.5) is 0 Å². The molecule has 1 aromatic heterocycles. The molecule has 2 aromatic rings. The van der Waals surface area contributed by atoms with Gasteiger partial charge in [0.05, 0.1) is 11.7 Å². The zero-order valence-electron chi connectivity index (χ0n) is 11.4. The Morgan fingerprint density at radius 2 is 2.06 bits per heavy atom. The Balaban J connectivity index is 2.38. The maximum atomic E-state index is 6.40. The van der Waals surface area contributed by atoms with Gasteiger partial charge in [0.15, 0.2) is 0 Å². The average molecular weight is 243 g/mol. The summed E-state index contributed by atoms with van der Waals surface area (Å²) in [7, 11) is 0.